The van der Waals surface area contributed by atoms with E-state index in [0.29, 0.717) is 10.1 Å². The summed E-state index contributed by atoms with van der Waals surface area (Å²) in [7, 11) is -1.14. The first-order valence-corrected chi connectivity index (χ1v) is 6.47. The first-order valence-electron chi connectivity index (χ1n) is 3.24. The number of hydrogen-bond acceptors (Lipinski definition) is 4. The zero-order chi connectivity index (χ0) is 10.1. The van der Waals surface area contributed by atoms with Crippen LogP contribution in [0.1, 0.15) is 12.7 Å². The third-order valence-corrected chi connectivity index (χ3v) is 3.92. The van der Waals surface area contributed by atoms with Crippen LogP contribution >= 0.6 is 46.3 Å². The molecule has 1 rings (SSSR count). The first kappa shape index (κ1) is 11.7. The minimum atomic E-state index is -1.63. The molecule has 0 saturated carbocycles. The molecule has 0 saturated heterocycles. The Morgan fingerprint density at radius 1 is 1.54 bits per heavy atom. The number of hydrogen-bond donors (Lipinski definition) is 0. The molecule has 0 bridgehead atoms. The van der Waals surface area contributed by atoms with E-state index < -0.39 is 14.6 Å². The predicted octanol–water partition coefficient (Wildman–Crippen LogP) is 2.49. The second-order valence-electron chi connectivity index (χ2n) is 2.02. The maximum Gasteiger partial charge on any atom is 0.251 e. The highest BCUT2D eigenvalue weighted by atomic mass is 35.6. The zero-order valence-electron chi connectivity index (χ0n) is 6.46. The van der Waals surface area contributed by atoms with E-state index in [2.05, 4.69) is 9.36 Å². The summed E-state index contributed by atoms with van der Waals surface area (Å²) >= 11 is 17.6. The molecule has 0 spiro atoms. The van der Waals surface area contributed by atoms with Crippen LogP contribution in [0.15, 0.2) is 4.34 Å². The SMILES string of the molecule is CCS(=O)c1nc(C(Cl)(Cl)Cl)ns1. The summed E-state index contributed by atoms with van der Waals surface area (Å²) in [5.41, 5.74) is 0. The van der Waals surface area contributed by atoms with Gasteiger partial charge >= 0.3 is 0 Å². The van der Waals surface area contributed by atoms with Crippen molar-refractivity contribution in [2.24, 2.45) is 0 Å². The van der Waals surface area contributed by atoms with Crippen LogP contribution in [-0.4, -0.2) is 19.3 Å². The Labute approximate surface area is 97.0 Å². The average Bonchev–Trinajstić information content (AvgIpc) is 2.50. The normalized spacial score (nSPS) is 14.5. The quantitative estimate of drug-likeness (QED) is 0.781. The smallest absolute Gasteiger partial charge is 0.251 e. The maximum absolute atomic E-state index is 11.2. The summed E-state index contributed by atoms with van der Waals surface area (Å²) < 4.78 is 13.8. The fourth-order valence-electron chi connectivity index (χ4n) is 0.541. The summed E-state index contributed by atoms with van der Waals surface area (Å²) in [4.78, 5) is 3.86. The Morgan fingerprint density at radius 2 is 2.15 bits per heavy atom. The van der Waals surface area contributed by atoms with Gasteiger partial charge < -0.3 is 0 Å². The molecule has 1 atom stereocenters. The van der Waals surface area contributed by atoms with Gasteiger partial charge in [-0.2, -0.15) is 4.37 Å². The minimum absolute atomic E-state index is 0.0827. The molecular formula is C5H5Cl3N2OS2. The highest BCUT2D eigenvalue weighted by Crippen LogP contribution is 2.36. The van der Waals surface area contributed by atoms with Gasteiger partial charge in [0.15, 0.2) is 5.82 Å². The molecule has 74 valence electrons. The van der Waals surface area contributed by atoms with E-state index in [1.165, 1.54) is 0 Å². The van der Waals surface area contributed by atoms with Crippen molar-refractivity contribution in [3.63, 3.8) is 0 Å². The van der Waals surface area contributed by atoms with E-state index in [9.17, 15) is 4.21 Å². The fraction of sp³-hybridized carbons (Fsp3) is 0.600. The number of rotatable bonds is 2. The van der Waals surface area contributed by atoms with Gasteiger partial charge in [-0.15, -0.1) is 0 Å². The van der Waals surface area contributed by atoms with Crippen molar-refractivity contribution in [3.8, 4) is 0 Å². The summed E-state index contributed by atoms with van der Waals surface area (Å²) in [6.45, 7) is 1.78. The lowest BCUT2D eigenvalue weighted by atomic mass is 10.7. The van der Waals surface area contributed by atoms with Crippen molar-refractivity contribution in [1.82, 2.24) is 9.36 Å². The largest absolute Gasteiger partial charge is 0.252 e. The van der Waals surface area contributed by atoms with Gasteiger partial charge in [0.25, 0.3) is 3.79 Å². The van der Waals surface area contributed by atoms with Crippen LogP contribution in [0.2, 0.25) is 0 Å². The van der Waals surface area contributed by atoms with Crippen LogP contribution in [0, 0.1) is 0 Å². The lowest BCUT2D eigenvalue weighted by molar-refractivity contribution is 0.683. The molecule has 0 aliphatic rings. The van der Waals surface area contributed by atoms with Gasteiger partial charge in [0.05, 0.1) is 10.8 Å². The monoisotopic (exact) mass is 278 g/mol. The molecule has 0 aliphatic heterocycles. The molecule has 1 aromatic rings. The second-order valence-corrected chi connectivity index (χ2v) is 6.96. The van der Waals surface area contributed by atoms with Crippen LogP contribution in [0.3, 0.4) is 0 Å². The third-order valence-electron chi connectivity index (χ3n) is 1.12. The summed E-state index contributed by atoms with van der Waals surface area (Å²) in [5, 5.41) is 0. The van der Waals surface area contributed by atoms with E-state index in [1.807, 2.05) is 0 Å². The zero-order valence-corrected chi connectivity index (χ0v) is 10.4. The number of halogens is 3. The predicted molar refractivity (Wildman–Crippen MR) is 56.1 cm³/mol. The minimum Gasteiger partial charge on any atom is -0.252 e. The summed E-state index contributed by atoms with van der Waals surface area (Å²) in [6.07, 6.45) is 0. The Kier molecular flexibility index (Phi) is 3.94. The van der Waals surface area contributed by atoms with E-state index in [0.717, 1.165) is 11.5 Å². The summed E-state index contributed by atoms with van der Waals surface area (Å²) in [5.74, 6) is 0.563. The van der Waals surface area contributed by atoms with E-state index in [1.54, 1.807) is 6.92 Å². The van der Waals surface area contributed by atoms with Crippen molar-refractivity contribution in [2.45, 2.75) is 15.1 Å². The van der Waals surface area contributed by atoms with Crippen LogP contribution < -0.4 is 0 Å². The standard InChI is InChI=1S/C5H5Cl3N2OS2/c1-2-13(11)4-9-3(10-12-4)5(6,7)8/h2H2,1H3. The van der Waals surface area contributed by atoms with Crippen LogP contribution in [-0.2, 0) is 14.6 Å². The van der Waals surface area contributed by atoms with Crippen molar-refractivity contribution >= 4 is 57.1 Å². The third kappa shape index (κ3) is 3.02. The number of alkyl halides is 3. The fourth-order valence-corrected chi connectivity index (χ4v) is 2.65. The van der Waals surface area contributed by atoms with Gasteiger partial charge in [0.2, 0.25) is 4.34 Å². The average molecular weight is 280 g/mol. The molecule has 1 aromatic heterocycles. The van der Waals surface area contributed by atoms with Crippen molar-refractivity contribution in [1.29, 1.82) is 0 Å². The molecule has 0 aromatic carbocycles. The van der Waals surface area contributed by atoms with Crippen molar-refractivity contribution in [2.75, 3.05) is 5.75 Å². The number of aromatic nitrogens is 2. The highest BCUT2D eigenvalue weighted by Gasteiger charge is 2.29. The molecule has 8 heteroatoms. The lowest BCUT2D eigenvalue weighted by Crippen LogP contribution is -2.03. The molecule has 1 unspecified atom stereocenters. The Morgan fingerprint density at radius 3 is 2.54 bits per heavy atom. The molecule has 0 amide bonds. The van der Waals surface area contributed by atoms with E-state index >= 15 is 0 Å². The molecule has 0 aliphatic carbocycles. The van der Waals surface area contributed by atoms with Gasteiger partial charge in [-0.1, -0.05) is 41.7 Å². The maximum atomic E-state index is 11.2. The van der Waals surface area contributed by atoms with Gasteiger partial charge in [-0.3, -0.25) is 4.21 Å². The Balaban J connectivity index is 2.93. The van der Waals surface area contributed by atoms with Crippen LogP contribution in [0.4, 0.5) is 0 Å². The van der Waals surface area contributed by atoms with Crippen molar-refractivity contribution in [3.05, 3.63) is 5.82 Å². The molecule has 13 heavy (non-hydrogen) atoms. The molecule has 0 radical (unpaired) electrons. The second kappa shape index (κ2) is 4.40. The number of nitrogens with zero attached hydrogens (tertiary/aromatic N) is 2. The van der Waals surface area contributed by atoms with Gasteiger partial charge in [-0.25, -0.2) is 4.98 Å². The van der Waals surface area contributed by atoms with Crippen LogP contribution in [0.5, 0.6) is 0 Å². The molecule has 0 N–H and O–H groups in total. The molecule has 1 heterocycles. The summed E-state index contributed by atoms with van der Waals surface area (Å²) in [6, 6.07) is 0. The Hall–Kier alpha value is 0.580. The molecule has 3 nitrogen and oxygen atoms in total. The van der Waals surface area contributed by atoms with Gasteiger partial charge in [-0.05, 0) is 11.5 Å². The van der Waals surface area contributed by atoms with E-state index in [-0.39, 0.29) is 5.82 Å². The lowest BCUT2D eigenvalue weighted by Gasteiger charge is -2.02. The van der Waals surface area contributed by atoms with E-state index in [4.69, 9.17) is 34.8 Å². The first-order chi connectivity index (χ1) is 5.95. The van der Waals surface area contributed by atoms with Crippen molar-refractivity contribution < 1.29 is 4.21 Å². The topological polar surface area (TPSA) is 42.9 Å². The van der Waals surface area contributed by atoms with Crippen LogP contribution in [0.25, 0.3) is 0 Å². The Bertz CT molecular complexity index is 322. The highest BCUT2D eigenvalue weighted by molar-refractivity contribution is 7.87. The molecule has 0 fully saturated rings. The molecular weight excluding hydrogens is 275 g/mol. The van der Waals surface area contributed by atoms with Gasteiger partial charge in [0.1, 0.15) is 0 Å². The van der Waals surface area contributed by atoms with Gasteiger partial charge in [0, 0.05) is 5.75 Å².